The fourth-order valence-electron chi connectivity index (χ4n) is 3.13. The first-order chi connectivity index (χ1) is 15.8. The van der Waals surface area contributed by atoms with Crippen molar-refractivity contribution in [3.05, 3.63) is 56.7 Å². The van der Waals surface area contributed by atoms with Gasteiger partial charge in [-0.1, -0.05) is 0 Å². The summed E-state index contributed by atoms with van der Waals surface area (Å²) < 4.78 is 16.6. The number of amides is 4. The monoisotopic (exact) mass is 564 g/mol. The van der Waals surface area contributed by atoms with Crippen molar-refractivity contribution in [1.82, 2.24) is 5.32 Å². The second kappa shape index (κ2) is 10.5. The van der Waals surface area contributed by atoms with Crippen LogP contribution < -0.4 is 19.7 Å². The maximum Gasteiger partial charge on any atom is 0.338 e. The summed E-state index contributed by atoms with van der Waals surface area (Å²) in [6.45, 7) is 4.20. The van der Waals surface area contributed by atoms with Crippen LogP contribution in [0, 0.1) is 3.57 Å². The van der Waals surface area contributed by atoms with E-state index in [9.17, 15) is 19.2 Å². The molecule has 9 nitrogen and oxygen atoms in total. The molecule has 2 aromatic carbocycles. The van der Waals surface area contributed by atoms with Gasteiger partial charge in [-0.2, -0.15) is 0 Å². The van der Waals surface area contributed by atoms with Crippen molar-refractivity contribution in [3.8, 4) is 11.5 Å². The maximum atomic E-state index is 13.1. The summed E-state index contributed by atoms with van der Waals surface area (Å²) in [5.41, 5.74) is 0.757. The minimum Gasteiger partial charge on any atom is -0.493 e. The number of hydrogen-bond donors (Lipinski definition) is 1. The van der Waals surface area contributed by atoms with E-state index in [-0.39, 0.29) is 23.4 Å². The normalized spacial score (nSPS) is 14.8. The van der Waals surface area contributed by atoms with Crippen molar-refractivity contribution < 1.29 is 33.4 Å². The van der Waals surface area contributed by atoms with Crippen molar-refractivity contribution in [2.24, 2.45) is 0 Å². The quantitative estimate of drug-likeness (QED) is 0.237. The molecule has 10 heteroatoms. The molecule has 2 aromatic rings. The number of halogens is 1. The van der Waals surface area contributed by atoms with E-state index < -0.39 is 23.8 Å². The summed E-state index contributed by atoms with van der Waals surface area (Å²) >= 11 is 2.07. The zero-order valence-corrected chi connectivity index (χ0v) is 20.3. The molecule has 0 bridgehead atoms. The number of carbonyl (C=O) groups excluding carboxylic acids is 4. The summed E-state index contributed by atoms with van der Waals surface area (Å²) in [6.07, 6.45) is 1.38. The Hall–Kier alpha value is -3.41. The van der Waals surface area contributed by atoms with E-state index in [0.29, 0.717) is 23.7 Å². The highest BCUT2D eigenvalue weighted by Crippen LogP contribution is 2.35. The van der Waals surface area contributed by atoms with E-state index in [1.807, 2.05) is 6.92 Å². The predicted molar refractivity (Wildman–Crippen MR) is 128 cm³/mol. The van der Waals surface area contributed by atoms with Crippen LogP contribution in [0.15, 0.2) is 42.0 Å². The van der Waals surface area contributed by atoms with Crippen molar-refractivity contribution in [1.29, 1.82) is 0 Å². The molecule has 1 N–H and O–H groups in total. The molecule has 1 saturated heterocycles. The number of nitrogens with one attached hydrogen (secondary N) is 1. The molecule has 0 spiro atoms. The van der Waals surface area contributed by atoms with Crippen molar-refractivity contribution in [2.75, 3.05) is 25.2 Å². The van der Waals surface area contributed by atoms with Crippen LogP contribution in [0.5, 0.6) is 11.5 Å². The van der Waals surface area contributed by atoms with Crippen LogP contribution in [-0.4, -0.2) is 44.1 Å². The molecule has 1 aliphatic rings. The highest BCUT2D eigenvalue weighted by Gasteiger charge is 2.37. The van der Waals surface area contributed by atoms with Gasteiger partial charge in [-0.25, -0.2) is 14.5 Å². The first kappa shape index (κ1) is 24.2. The lowest BCUT2D eigenvalue weighted by atomic mass is 10.1. The Morgan fingerprint density at radius 1 is 1.09 bits per heavy atom. The number of rotatable bonds is 7. The largest absolute Gasteiger partial charge is 0.493 e. The number of esters is 1. The average molecular weight is 564 g/mol. The average Bonchev–Trinajstić information content (AvgIpc) is 2.78. The zero-order valence-electron chi connectivity index (χ0n) is 18.1. The van der Waals surface area contributed by atoms with E-state index >= 15 is 0 Å². The third-order valence-electron chi connectivity index (χ3n) is 4.59. The topological polar surface area (TPSA) is 111 Å². The number of ether oxygens (including phenoxy) is 3. The van der Waals surface area contributed by atoms with Gasteiger partial charge in [-0.05, 0) is 84.5 Å². The molecule has 1 heterocycles. The Bertz CT molecular complexity index is 1140. The molecule has 0 unspecified atom stereocenters. The number of nitrogens with zero attached hydrogens (tertiary/aromatic N) is 1. The number of methoxy groups -OCH3 is 1. The molecule has 4 amide bonds. The fraction of sp³-hybridized carbons (Fsp3) is 0.217. The van der Waals surface area contributed by atoms with E-state index in [1.54, 1.807) is 19.1 Å². The van der Waals surface area contributed by atoms with Gasteiger partial charge in [0.05, 0.1) is 35.1 Å². The van der Waals surface area contributed by atoms with Gasteiger partial charge in [0.15, 0.2) is 11.5 Å². The minimum absolute atomic E-state index is 0.197. The molecular weight excluding hydrogens is 543 g/mol. The standard InChI is InChI=1S/C23H21IN2O7/c1-4-32-19-17(24)11-13(12-18(19)31-3)10-16-20(27)25-23(30)26(21(16)28)15-8-6-14(7-9-15)22(29)33-5-2/h6-12H,4-5H2,1-3H3,(H,25,27,30)/b16-10+. The van der Waals surface area contributed by atoms with Gasteiger partial charge in [0, 0.05) is 0 Å². The molecule has 0 aliphatic carbocycles. The van der Waals surface area contributed by atoms with Gasteiger partial charge in [-0.15, -0.1) is 0 Å². The minimum atomic E-state index is -0.884. The summed E-state index contributed by atoms with van der Waals surface area (Å²) in [5.74, 6) is -1.13. The van der Waals surface area contributed by atoms with Gasteiger partial charge >= 0.3 is 12.0 Å². The Kier molecular flexibility index (Phi) is 7.69. The van der Waals surface area contributed by atoms with E-state index in [1.165, 1.54) is 37.5 Å². The van der Waals surface area contributed by atoms with Gasteiger partial charge in [0.1, 0.15) is 5.57 Å². The number of hydrogen-bond acceptors (Lipinski definition) is 7. The highest BCUT2D eigenvalue weighted by atomic mass is 127. The summed E-state index contributed by atoms with van der Waals surface area (Å²) in [5, 5.41) is 2.17. The lowest BCUT2D eigenvalue weighted by molar-refractivity contribution is -0.122. The van der Waals surface area contributed by atoms with Crippen LogP contribution in [-0.2, 0) is 14.3 Å². The number of urea groups is 1. The Morgan fingerprint density at radius 3 is 2.39 bits per heavy atom. The van der Waals surface area contributed by atoms with Gasteiger partial charge < -0.3 is 14.2 Å². The first-order valence-electron chi connectivity index (χ1n) is 9.99. The molecule has 1 aliphatic heterocycles. The van der Waals surface area contributed by atoms with Crippen LogP contribution in [0.1, 0.15) is 29.8 Å². The van der Waals surface area contributed by atoms with Gasteiger partial charge in [-0.3, -0.25) is 14.9 Å². The van der Waals surface area contributed by atoms with Gasteiger partial charge in [0.2, 0.25) is 0 Å². The molecule has 0 atom stereocenters. The van der Waals surface area contributed by atoms with Crippen molar-refractivity contribution in [3.63, 3.8) is 0 Å². The van der Waals surface area contributed by atoms with E-state index in [0.717, 1.165) is 8.47 Å². The SMILES string of the molecule is CCOC(=O)c1ccc(N2C(=O)NC(=O)/C(=C\c3cc(I)c(OCC)c(OC)c3)C2=O)cc1. The number of carbonyl (C=O) groups is 4. The predicted octanol–water partition coefficient (Wildman–Crippen LogP) is 3.54. The third-order valence-corrected chi connectivity index (χ3v) is 5.39. The smallest absolute Gasteiger partial charge is 0.338 e. The lowest BCUT2D eigenvalue weighted by Crippen LogP contribution is -2.54. The van der Waals surface area contributed by atoms with Crippen LogP contribution >= 0.6 is 22.6 Å². The molecule has 0 saturated carbocycles. The third kappa shape index (κ3) is 5.16. The van der Waals surface area contributed by atoms with Crippen LogP contribution in [0.4, 0.5) is 10.5 Å². The Morgan fingerprint density at radius 2 is 1.79 bits per heavy atom. The van der Waals surface area contributed by atoms with Crippen LogP contribution in [0.3, 0.4) is 0 Å². The maximum absolute atomic E-state index is 13.1. The Labute approximate surface area is 203 Å². The molecule has 0 radical (unpaired) electrons. The zero-order chi connectivity index (χ0) is 24.1. The molecule has 172 valence electrons. The lowest BCUT2D eigenvalue weighted by Gasteiger charge is -2.26. The van der Waals surface area contributed by atoms with Crippen LogP contribution in [0.25, 0.3) is 6.08 Å². The molecule has 3 rings (SSSR count). The second-order valence-corrected chi connectivity index (χ2v) is 7.85. The van der Waals surface area contributed by atoms with E-state index in [4.69, 9.17) is 14.2 Å². The summed E-state index contributed by atoms with van der Waals surface area (Å²) in [6, 6.07) is 8.22. The van der Waals surface area contributed by atoms with Crippen molar-refractivity contribution >= 4 is 58.2 Å². The summed E-state index contributed by atoms with van der Waals surface area (Å²) in [4.78, 5) is 50.7. The van der Waals surface area contributed by atoms with E-state index in [2.05, 4.69) is 27.9 Å². The fourth-order valence-corrected chi connectivity index (χ4v) is 3.91. The first-order valence-corrected chi connectivity index (χ1v) is 11.1. The molecular formula is C23H21IN2O7. The number of barbiturate groups is 1. The summed E-state index contributed by atoms with van der Waals surface area (Å²) in [7, 11) is 1.49. The van der Waals surface area contributed by atoms with Crippen LogP contribution in [0.2, 0.25) is 0 Å². The molecule has 0 aromatic heterocycles. The number of benzene rings is 2. The van der Waals surface area contributed by atoms with Gasteiger partial charge in [0.25, 0.3) is 11.8 Å². The number of imide groups is 2. The Balaban J connectivity index is 1.96. The number of anilines is 1. The highest BCUT2D eigenvalue weighted by molar-refractivity contribution is 14.1. The molecule has 33 heavy (non-hydrogen) atoms. The van der Waals surface area contributed by atoms with Crippen molar-refractivity contribution in [2.45, 2.75) is 13.8 Å². The second-order valence-electron chi connectivity index (χ2n) is 6.69. The molecule has 1 fully saturated rings.